The predicted molar refractivity (Wildman–Crippen MR) is 147 cm³/mol. The maximum absolute atomic E-state index is 13.7. The number of aliphatic hydroxyl groups excluding tert-OH is 1. The number of rotatable bonds is 7. The first kappa shape index (κ1) is 28.3. The summed E-state index contributed by atoms with van der Waals surface area (Å²) in [5.41, 5.74) is 3.21. The first-order chi connectivity index (χ1) is 19.1. The number of phenols is 1. The highest BCUT2D eigenvalue weighted by Gasteiger charge is 2.57. The van der Waals surface area contributed by atoms with E-state index in [2.05, 4.69) is 0 Å². The molecule has 9 nitrogen and oxygen atoms in total. The zero-order valence-electron chi connectivity index (χ0n) is 21.9. The van der Waals surface area contributed by atoms with E-state index in [1.807, 2.05) is 6.92 Å². The van der Waals surface area contributed by atoms with Crippen molar-refractivity contribution in [1.82, 2.24) is 0 Å². The summed E-state index contributed by atoms with van der Waals surface area (Å²) in [5.74, 6) is -4.00. The lowest BCUT2D eigenvalue weighted by molar-refractivity contribution is -0.122. The third kappa shape index (κ3) is 5.25. The zero-order valence-corrected chi connectivity index (χ0v) is 21.9. The number of carbonyl (C=O) groups excluding carboxylic acids is 2. The number of fused-ring (bicyclic) bond motifs is 3. The van der Waals surface area contributed by atoms with Gasteiger partial charge in [-0.05, 0) is 84.9 Å². The number of carbonyl (C=O) groups is 2. The van der Waals surface area contributed by atoms with Crippen molar-refractivity contribution in [2.45, 2.75) is 38.6 Å². The number of allylic oxidation sites excluding steroid dienone is 1. The highest BCUT2D eigenvalue weighted by Crippen LogP contribution is 2.51. The summed E-state index contributed by atoms with van der Waals surface area (Å²) in [4.78, 5) is 28.3. The van der Waals surface area contributed by atoms with Crippen LogP contribution in [0.5, 0.6) is 5.75 Å². The summed E-state index contributed by atoms with van der Waals surface area (Å²) in [6.07, 6.45) is 2.40. The lowest BCUT2D eigenvalue weighted by Crippen LogP contribution is -2.46. The van der Waals surface area contributed by atoms with Crippen molar-refractivity contribution < 1.29 is 43.9 Å². The van der Waals surface area contributed by atoms with Gasteiger partial charge in [-0.1, -0.05) is 29.8 Å². The number of hydrogen-bond acceptors (Lipinski definition) is 8. The van der Waals surface area contributed by atoms with Crippen molar-refractivity contribution in [3.05, 3.63) is 70.6 Å². The molecule has 4 atom stereocenters. The van der Waals surface area contributed by atoms with Crippen molar-refractivity contribution in [3.63, 3.8) is 0 Å². The number of aliphatic hydroxyl groups is 1. The SMILES string of the molecule is C/C(=C\c1ccc(O)c(F)c1)CC[C@H]1OB(O)C[C@H]2C1=C(CO)C[C@H]1C(=O)N(c3cccc(B(O)O)c3)C(=O)[C@H]12. The monoisotopic (exact) mass is 549 g/mol. The summed E-state index contributed by atoms with van der Waals surface area (Å²) < 4.78 is 19.6. The number of aromatic hydroxyl groups is 1. The second-order valence-corrected chi connectivity index (χ2v) is 10.7. The first-order valence-electron chi connectivity index (χ1n) is 13.2. The molecule has 40 heavy (non-hydrogen) atoms. The first-order valence-corrected chi connectivity index (χ1v) is 13.2. The molecule has 0 spiro atoms. The van der Waals surface area contributed by atoms with Crippen LogP contribution in [0.2, 0.25) is 6.32 Å². The Morgan fingerprint density at radius 1 is 1.18 bits per heavy atom. The molecule has 2 aliphatic heterocycles. The van der Waals surface area contributed by atoms with Gasteiger partial charge in [-0.15, -0.1) is 0 Å². The minimum Gasteiger partial charge on any atom is -0.505 e. The largest absolute Gasteiger partial charge is 0.505 e. The maximum Gasteiger partial charge on any atom is 0.488 e. The molecule has 2 heterocycles. The Balaban J connectivity index is 1.41. The molecular formula is C28H30B2FNO8. The molecule has 0 bridgehead atoms. The van der Waals surface area contributed by atoms with Gasteiger partial charge in [0.15, 0.2) is 11.6 Å². The highest BCUT2D eigenvalue weighted by atomic mass is 19.1. The van der Waals surface area contributed by atoms with Crippen LogP contribution in [0.15, 0.2) is 59.2 Å². The fourth-order valence-electron chi connectivity index (χ4n) is 6.32. The summed E-state index contributed by atoms with van der Waals surface area (Å²) >= 11 is 0. The number of benzene rings is 2. The van der Waals surface area contributed by atoms with Gasteiger partial charge in [0.2, 0.25) is 11.8 Å². The average molecular weight is 549 g/mol. The van der Waals surface area contributed by atoms with E-state index in [4.69, 9.17) is 4.65 Å². The Kier molecular flexibility index (Phi) is 7.98. The molecule has 0 saturated carbocycles. The molecule has 0 radical (unpaired) electrons. The van der Waals surface area contributed by atoms with Crippen molar-refractivity contribution in [2.75, 3.05) is 11.5 Å². The number of phenolic OH excluding ortho intramolecular Hbond substituents is 1. The molecule has 1 aliphatic carbocycles. The van der Waals surface area contributed by atoms with Crippen LogP contribution in [0.4, 0.5) is 10.1 Å². The standard InChI is InChI=1S/C28H30B2FNO8/c1-15(9-16-6-7-23(34)22(31)10-16)5-8-24-25-17(14-33)11-20-26(21(25)13-29(37)40-24)28(36)32(27(20)35)19-4-2-3-18(12-19)30(38)39/h2-4,6-7,9-10,12,20-21,24,26,33-34,37-39H,5,8,11,13-14H2,1H3/b15-9+/t20-,21+,24-,26-/m1/s1. The van der Waals surface area contributed by atoms with E-state index in [1.165, 1.54) is 30.3 Å². The van der Waals surface area contributed by atoms with Gasteiger partial charge in [0, 0.05) is 0 Å². The second-order valence-electron chi connectivity index (χ2n) is 10.7. The van der Waals surface area contributed by atoms with Crippen LogP contribution in [-0.4, -0.2) is 64.0 Å². The number of amides is 2. The van der Waals surface area contributed by atoms with Crippen LogP contribution in [-0.2, 0) is 14.2 Å². The van der Waals surface area contributed by atoms with E-state index < -0.39 is 61.5 Å². The van der Waals surface area contributed by atoms with Gasteiger partial charge in [0.25, 0.3) is 0 Å². The molecule has 2 saturated heterocycles. The highest BCUT2D eigenvalue weighted by molar-refractivity contribution is 6.58. The van der Waals surface area contributed by atoms with Crippen LogP contribution in [0.25, 0.3) is 6.08 Å². The Morgan fingerprint density at radius 3 is 2.65 bits per heavy atom. The smallest absolute Gasteiger partial charge is 0.488 e. The quantitative estimate of drug-likeness (QED) is 0.198. The van der Waals surface area contributed by atoms with Gasteiger partial charge >= 0.3 is 14.2 Å². The number of hydrogen-bond donors (Lipinski definition) is 5. The molecule has 0 unspecified atom stereocenters. The van der Waals surface area contributed by atoms with Crippen LogP contribution in [0.3, 0.4) is 0 Å². The van der Waals surface area contributed by atoms with Crippen LogP contribution in [0.1, 0.15) is 31.7 Å². The van der Waals surface area contributed by atoms with Gasteiger partial charge < -0.3 is 29.9 Å². The van der Waals surface area contributed by atoms with Crippen molar-refractivity contribution in [3.8, 4) is 5.75 Å². The van der Waals surface area contributed by atoms with E-state index in [-0.39, 0.29) is 30.5 Å². The van der Waals surface area contributed by atoms with E-state index in [0.717, 1.165) is 16.0 Å². The van der Waals surface area contributed by atoms with Gasteiger partial charge in [-0.25, -0.2) is 4.39 Å². The van der Waals surface area contributed by atoms with Crippen LogP contribution in [0, 0.1) is 23.6 Å². The Bertz CT molecular complexity index is 1400. The van der Waals surface area contributed by atoms with Crippen molar-refractivity contribution >= 4 is 43.3 Å². The Morgan fingerprint density at radius 2 is 1.95 bits per heavy atom. The average Bonchev–Trinajstić information content (AvgIpc) is 3.18. The number of imide groups is 1. The maximum atomic E-state index is 13.7. The van der Waals surface area contributed by atoms with Gasteiger partial charge in [-0.2, -0.15) is 0 Å². The number of anilines is 1. The summed E-state index contributed by atoms with van der Waals surface area (Å²) in [6, 6.07) is 10.1. The van der Waals surface area contributed by atoms with Gasteiger partial charge in [0.1, 0.15) is 0 Å². The van der Waals surface area contributed by atoms with E-state index in [1.54, 1.807) is 18.2 Å². The molecule has 208 valence electrons. The molecule has 12 heteroatoms. The minimum atomic E-state index is -1.76. The molecular weight excluding hydrogens is 519 g/mol. The summed E-state index contributed by atoms with van der Waals surface area (Å²) in [5, 5.41) is 49.5. The lowest BCUT2D eigenvalue weighted by Gasteiger charge is -2.42. The molecule has 5 rings (SSSR count). The predicted octanol–water partition coefficient (Wildman–Crippen LogP) is 1.39. The number of nitrogens with zero attached hydrogens (tertiary/aromatic N) is 1. The van der Waals surface area contributed by atoms with Gasteiger partial charge in [-0.3, -0.25) is 14.5 Å². The third-order valence-electron chi connectivity index (χ3n) is 8.11. The molecule has 2 aromatic carbocycles. The van der Waals surface area contributed by atoms with Gasteiger partial charge in [0.05, 0.1) is 30.2 Å². The Hall–Kier alpha value is -3.28. The van der Waals surface area contributed by atoms with E-state index in [9.17, 15) is 39.3 Å². The molecule has 2 aromatic rings. The van der Waals surface area contributed by atoms with E-state index >= 15 is 0 Å². The fourth-order valence-corrected chi connectivity index (χ4v) is 6.32. The fraction of sp³-hybridized carbons (Fsp3) is 0.357. The Labute approximate surface area is 231 Å². The van der Waals surface area contributed by atoms with Crippen LogP contribution < -0.4 is 10.4 Å². The van der Waals surface area contributed by atoms with Crippen LogP contribution >= 0.6 is 0 Å². The molecule has 3 aliphatic rings. The second kappa shape index (κ2) is 11.3. The lowest BCUT2D eigenvalue weighted by atomic mass is 9.58. The molecule has 5 N–H and O–H groups in total. The third-order valence-corrected chi connectivity index (χ3v) is 8.11. The topological polar surface area (TPSA) is 148 Å². The van der Waals surface area contributed by atoms with Crippen molar-refractivity contribution in [1.29, 1.82) is 0 Å². The summed E-state index contributed by atoms with van der Waals surface area (Å²) in [6.45, 7) is 1.55. The molecule has 2 fully saturated rings. The zero-order chi connectivity index (χ0) is 28.7. The normalized spacial score (nSPS) is 24.9. The van der Waals surface area contributed by atoms with E-state index in [0.29, 0.717) is 24.0 Å². The summed E-state index contributed by atoms with van der Waals surface area (Å²) in [7, 11) is -2.93. The van der Waals surface area contributed by atoms with Crippen molar-refractivity contribution in [2.24, 2.45) is 17.8 Å². The minimum absolute atomic E-state index is 0.0976. The molecule has 2 amide bonds. The number of halogens is 1. The molecule has 0 aromatic heterocycles.